The largest absolute Gasteiger partial charge is 0.338 e. The van der Waals surface area contributed by atoms with Crippen LogP contribution in [0.25, 0.3) is 0 Å². The van der Waals surface area contributed by atoms with Gasteiger partial charge in [-0.05, 0) is 13.8 Å². The highest BCUT2D eigenvalue weighted by Crippen LogP contribution is 2.09. The Kier molecular flexibility index (Phi) is 6.51. The number of hydrogen-bond donors (Lipinski definition) is 3. The molecule has 5 nitrogen and oxygen atoms in total. The molecule has 2 rings (SSSR count). The van der Waals surface area contributed by atoms with Crippen molar-refractivity contribution < 1.29 is 14.9 Å². The lowest BCUT2D eigenvalue weighted by Gasteiger charge is -2.15. The zero-order valence-electron chi connectivity index (χ0n) is 14.1. The van der Waals surface area contributed by atoms with Gasteiger partial charge in [0.05, 0.1) is 0 Å². The molecular weight excluding hydrogens is 302 g/mol. The summed E-state index contributed by atoms with van der Waals surface area (Å²) in [6.45, 7) is 4.98. The van der Waals surface area contributed by atoms with Gasteiger partial charge in [-0.3, -0.25) is 10.1 Å². The van der Waals surface area contributed by atoms with Crippen molar-refractivity contribution in [1.82, 2.24) is 10.6 Å². The summed E-state index contributed by atoms with van der Waals surface area (Å²) in [5, 5.41) is 6.92. The maximum absolute atomic E-state index is 12.5. The van der Waals surface area contributed by atoms with Crippen LogP contribution in [0.3, 0.4) is 0 Å². The van der Waals surface area contributed by atoms with E-state index in [1.54, 1.807) is 0 Å². The molecule has 0 spiro atoms. The van der Waals surface area contributed by atoms with Crippen molar-refractivity contribution in [3.63, 3.8) is 0 Å². The second-order valence-electron chi connectivity index (χ2n) is 5.66. The molecule has 0 aliphatic rings. The molecule has 0 fully saturated rings. The van der Waals surface area contributed by atoms with Crippen molar-refractivity contribution in [3.8, 4) is 0 Å². The Bertz CT molecular complexity index is 669. The van der Waals surface area contributed by atoms with Crippen LogP contribution in [0.2, 0.25) is 0 Å². The van der Waals surface area contributed by atoms with E-state index in [0.717, 1.165) is 11.1 Å². The quantitative estimate of drug-likeness (QED) is 0.755. The minimum atomic E-state index is -0.477. The third-order valence-corrected chi connectivity index (χ3v) is 3.73. The molecule has 0 aliphatic carbocycles. The summed E-state index contributed by atoms with van der Waals surface area (Å²) in [4.78, 5) is 24.1. The molecule has 0 bridgehead atoms. The van der Waals surface area contributed by atoms with Crippen molar-refractivity contribution in [1.29, 1.82) is 0 Å². The Morgan fingerprint density at radius 2 is 1.71 bits per heavy atom. The van der Waals surface area contributed by atoms with Crippen LogP contribution >= 0.6 is 0 Å². The van der Waals surface area contributed by atoms with Gasteiger partial charge in [-0.15, -0.1) is 0 Å². The number of nitrogens with two attached hydrogens (primary N) is 1. The maximum atomic E-state index is 12.5. The number of carbonyl (C=O) groups excluding carboxylic acids is 2. The Morgan fingerprint density at radius 1 is 1.04 bits per heavy atom. The molecule has 0 heterocycles. The number of nitrogens with one attached hydrogen (secondary N) is 2. The molecule has 3 amide bonds. The Balaban J connectivity index is 2.09. The number of imide groups is 1. The van der Waals surface area contributed by atoms with E-state index in [1.165, 1.54) is 5.56 Å². The third kappa shape index (κ3) is 5.21. The number of rotatable bonds is 6. The zero-order chi connectivity index (χ0) is 17.4. The average Bonchev–Trinajstić information content (AvgIpc) is 2.58. The standard InChI is InChI=1S/C19H23N3O2/c1-3-20-19(24)22-18(23)17(16-7-5-4-6-8-16)21-13-15-11-9-14(2)10-12-15/h4-12,17,21H,3,13H2,1-2H3,(H2,20,22,23,24)/p+1/t17-/m0/s1. The molecular formula is C19H24N3O2+. The van der Waals surface area contributed by atoms with E-state index >= 15 is 0 Å². The summed E-state index contributed by atoms with van der Waals surface area (Å²) in [6, 6.07) is 16.7. The first-order valence-electron chi connectivity index (χ1n) is 8.12. The van der Waals surface area contributed by atoms with E-state index in [4.69, 9.17) is 0 Å². The van der Waals surface area contributed by atoms with Gasteiger partial charge in [0.15, 0.2) is 6.04 Å². The van der Waals surface area contributed by atoms with E-state index in [2.05, 4.69) is 34.9 Å². The molecule has 126 valence electrons. The molecule has 0 saturated heterocycles. The van der Waals surface area contributed by atoms with E-state index in [0.29, 0.717) is 13.1 Å². The fraction of sp³-hybridized carbons (Fsp3) is 0.263. The van der Waals surface area contributed by atoms with Gasteiger partial charge in [0, 0.05) is 17.7 Å². The van der Waals surface area contributed by atoms with Gasteiger partial charge in [-0.25, -0.2) is 4.79 Å². The minimum absolute atomic E-state index is 0.320. The van der Waals surface area contributed by atoms with E-state index in [1.807, 2.05) is 49.5 Å². The molecule has 4 N–H and O–H groups in total. The van der Waals surface area contributed by atoms with Crippen LogP contribution in [0, 0.1) is 6.92 Å². The normalized spacial score (nSPS) is 11.6. The Hall–Kier alpha value is -2.66. The average molecular weight is 326 g/mol. The highest BCUT2D eigenvalue weighted by atomic mass is 16.2. The van der Waals surface area contributed by atoms with Crippen molar-refractivity contribution in [2.45, 2.75) is 26.4 Å². The first-order valence-corrected chi connectivity index (χ1v) is 8.12. The van der Waals surface area contributed by atoms with Gasteiger partial charge in [0.1, 0.15) is 6.54 Å². The molecule has 0 aliphatic heterocycles. The van der Waals surface area contributed by atoms with Gasteiger partial charge >= 0.3 is 6.03 Å². The first kappa shape index (κ1) is 17.7. The molecule has 2 aromatic rings. The van der Waals surface area contributed by atoms with Gasteiger partial charge in [0.2, 0.25) is 0 Å². The summed E-state index contributed by atoms with van der Waals surface area (Å²) in [7, 11) is 0. The molecule has 0 unspecified atom stereocenters. The van der Waals surface area contributed by atoms with Crippen molar-refractivity contribution in [3.05, 3.63) is 71.3 Å². The summed E-state index contributed by atoms with van der Waals surface area (Å²) in [5.41, 5.74) is 3.20. The van der Waals surface area contributed by atoms with Crippen LogP contribution in [0.1, 0.15) is 29.7 Å². The van der Waals surface area contributed by atoms with Gasteiger partial charge < -0.3 is 10.6 Å². The van der Waals surface area contributed by atoms with Crippen LogP contribution in [-0.2, 0) is 11.3 Å². The fourth-order valence-electron chi connectivity index (χ4n) is 2.43. The van der Waals surface area contributed by atoms with E-state index in [-0.39, 0.29) is 5.91 Å². The van der Waals surface area contributed by atoms with Gasteiger partial charge in [0.25, 0.3) is 5.91 Å². The summed E-state index contributed by atoms with van der Waals surface area (Å²) < 4.78 is 0. The zero-order valence-corrected chi connectivity index (χ0v) is 14.1. The summed E-state index contributed by atoms with van der Waals surface area (Å²) >= 11 is 0. The number of urea groups is 1. The lowest BCUT2D eigenvalue weighted by atomic mass is 10.1. The highest BCUT2D eigenvalue weighted by molar-refractivity contribution is 5.96. The number of hydrogen-bond acceptors (Lipinski definition) is 2. The SMILES string of the molecule is CCNC(=O)NC(=O)[C@@H]([NH2+]Cc1ccc(C)cc1)c1ccccc1. The molecule has 2 aromatic carbocycles. The predicted molar refractivity (Wildman–Crippen MR) is 93.2 cm³/mol. The second kappa shape index (κ2) is 8.84. The van der Waals surface area contributed by atoms with Crippen LogP contribution in [0.15, 0.2) is 54.6 Å². The minimum Gasteiger partial charge on any atom is -0.338 e. The fourth-order valence-corrected chi connectivity index (χ4v) is 2.43. The third-order valence-electron chi connectivity index (χ3n) is 3.73. The number of aryl methyl sites for hydroxylation is 1. The molecule has 0 radical (unpaired) electrons. The number of quaternary nitrogens is 1. The molecule has 5 heteroatoms. The second-order valence-corrected chi connectivity index (χ2v) is 5.66. The molecule has 24 heavy (non-hydrogen) atoms. The first-order chi connectivity index (χ1) is 11.6. The number of benzene rings is 2. The van der Waals surface area contributed by atoms with Crippen molar-refractivity contribution >= 4 is 11.9 Å². The summed E-state index contributed by atoms with van der Waals surface area (Å²) in [6.07, 6.45) is 0. The smallest absolute Gasteiger partial charge is 0.321 e. The van der Waals surface area contributed by atoms with E-state index in [9.17, 15) is 9.59 Å². The maximum Gasteiger partial charge on any atom is 0.321 e. The van der Waals surface area contributed by atoms with E-state index < -0.39 is 12.1 Å². The lowest BCUT2D eigenvalue weighted by Crippen LogP contribution is -2.86. The van der Waals surface area contributed by atoms with Gasteiger partial charge in [-0.1, -0.05) is 60.2 Å². The molecule has 0 aromatic heterocycles. The topological polar surface area (TPSA) is 74.8 Å². The van der Waals surface area contributed by atoms with Gasteiger partial charge in [-0.2, -0.15) is 0 Å². The van der Waals surface area contributed by atoms with Crippen LogP contribution in [-0.4, -0.2) is 18.5 Å². The molecule has 1 atom stereocenters. The van der Waals surface area contributed by atoms with Crippen LogP contribution < -0.4 is 16.0 Å². The molecule has 0 saturated carbocycles. The Labute approximate surface area is 142 Å². The monoisotopic (exact) mass is 326 g/mol. The van der Waals surface area contributed by atoms with Crippen molar-refractivity contribution in [2.24, 2.45) is 0 Å². The number of carbonyl (C=O) groups is 2. The number of amides is 3. The van der Waals surface area contributed by atoms with Crippen LogP contribution in [0.4, 0.5) is 4.79 Å². The highest BCUT2D eigenvalue weighted by Gasteiger charge is 2.25. The predicted octanol–water partition coefficient (Wildman–Crippen LogP) is 1.65. The van der Waals surface area contributed by atoms with Crippen molar-refractivity contribution in [2.75, 3.05) is 6.54 Å². The lowest BCUT2D eigenvalue weighted by molar-refractivity contribution is -0.698. The van der Waals surface area contributed by atoms with Crippen LogP contribution in [0.5, 0.6) is 0 Å². The Morgan fingerprint density at radius 3 is 2.33 bits per heavy atom. The summed E-state index contributed by atoms with van der Waals surface area (Å²) in [5.74, 6) is -0.320.